The van der Waals surface area contributed by atoms with Crippen molar-refractivity contribution < 1.29 is 9.59 Å². The van der Waals surface area contributed by atoms with Crippen molar-refractivity contribution in [1.82, 2.24) is 5.32 Å². The molecule has 5 nitrogen and oxygen atoms in total. The minimum atomic E-state index is -0.231. The number of carbonyl (C=O) groups is 2. The first-order valence-electron chi connectivity index (χ1n) is 9.82. The van der Waals surface area contributed by atoms with Crippen LogP contribution in [-0.2, 0) is 4.79 Å². The molecule has 0 aromatic heterocycles. The molecule has 0 atom stereocenters. The first-order valence-corrected chi connectivity index (χ1v) is 10.6. The molecule has 154 valence electrons. The lowest BCUT2D eigenvalue weighted by Gasteiger charge is -2.23. The lowest BCUT2D eigenvalue weighted by atomic mass is 9.95. The largest absolute Gasteiger partial charge is 0.376 e. The van der Waals surface area contributed by atoms with E-state index in [1.54, 1.807) is 30.3 Å². The zero-order valence-corrected chi connectivity index (χ0v) is 17.9. The van der Waals surface area contributed by atoms with Crippen LogP contribution in [0.5, 0.6) is 0 Å². The maximum absolute atomic E-state index is 12.6. The van der Waals surface area contributed by atoms with Crippen molar-refractivity contribution in [2.45, 2.75) is 45.1 Å². The summed E-state index contributed by atoms with van der Waals surface area (Å²) in [6.07, 6.45) is 5.47. The number of hydrogen-bond acceptors (Lipinski definition) is 3. The molecule has 3 N–H and O–H groups in total. The van der Waals surface area contributed by atoms with Crippen molar-refractivity contribution in [3.63, 3.8) is 0 Å². The van der Waals surface area contributed by atoms with Crippen molar-refractivity contribution in [2.75, 3.05) is 17.2 Å². The smallest absolute Gasteiger partial charge is 0.253 e. The van der Waals surface area contributed by atoms with Crippen molar-refractivity contribution in [3.05, 3.63) is 57.6 Å². The number of rotatable bonds is 6. The summed E-state index contributed by atoms with van der Waals surface area (Å²) < 4.78 is 0. The molecule has 2 aromatic carbocycles. The number of benzene rings is 2. The van der Waals surface area contributed by atoms with E-state index in [0.29, 0.717) is 21.3 Å². The van der Waals surface area contributed by atoms with Crippen molar-refractivity contribution in [2.24, 2.45) is 0 Å². The average molecular weight is 434 g/mol. The lowest BCUT2D eigenvalue weighted by molar-refractivity contribution is -0.114. The van der Waals surface area contributed by atoms with Gasteiger partial charge in [-0.15, -0.1) is 0 Å². The SMILES string of the molecule is Cc1ccc(Cl)cc1NCC(=O)Nc1ccc(Cl)c(C(=O)NC2CCCCC2)c1. The van der Waals surface area contributed by atoms with Gasteiger partial charge in [0, 0.05) is 22.4 Å². The fourth-order valence-electron chi connectivity index (χ4n) is 3.45. The summed E-state index contributed by atoms with van der Waals surface area (Å²) in [6.45, 7) is 2.01. The van der Waals surface area contributed by atoms with Crippen LogP contribution < -0.4 is 16.0 Å². The molecular formula is C22H25Cl2N3O2. The maximum atomic E-state index is 12.6. The lowest BCUT2D eigenvalue weighted by Crippen LogP contribution is -2.36. The van der Waals surface area contributed by atoms with E-state index >= 15 is 0 Å². The molecule has 29 heavy (non-hydrogen) atoms. The molecule has 0 heterocycles. The summed E-state index contributed by atoms with van der Waals surface area (Å²) in [7, 11) is 0. The number of aryl methyl sites for hydroxylation is 1. The standard InChI is InChI=1S/C22H25Cl2N3O2/c1-14-7-8-15(23)11-20(14)25-13-21(28)26-17-9-10-19(24)18(12-17)22(29)27-16-5-3-2-4-6-16/h7-12,16,25H,2-6,13H2,1H3,(H,26,28)(H,27,29). The highest BCUT2D eigenvalue weighted by atomic mass is 35.5. The average Bonchev–Trinajstić information content (AvgIpc) is 2.71. The third-order valence-corrected chi connectivity index (χ3v) is 5.64. The number of hydrogen-bond donors (Lipinski definition) is 3. The number of amides is 2. The van der Waals surface area contributed by atoms with Crippen LogP contribution in [0, 0.1) is 6.92 Å². The van der Waals surface area contributed by atoms with Gasteiger partial charge in [-0.3, -0.25) is 9.59 Å². The van der Waals surface area contributed by atoms with E-state index in [1.807, 2.05) is 13.0 Å². The molecule has 2 amide bonds. The molecule has 1 fully saturated rings. The van der Waals surface area contributed by atoms with Crippen LogP contribution in [0.1, 0.15) is 48.0 Å². The van der Waals surface area contributed by atoms with Crippen LogP contribution >= 0.6 is 23.2 Å². The monoisotopic (exact) mass is 433 g/mol. The quantitative estimate of drug-likeness (QED) is 0.569. The van der Waals surface area contributed by atoms with Crippen LogP contribution in [0.4, 0.5) is 11.4 Å². The van der Waals surface area contributed by atoms with Gasteiger partial charge in [-0.2, -0.15) is 0 Å². The van der Waals surface area contributed by atoms with Crippen LogP contribution in [-0.4, -0.2) is 24.4 Å². The number of nitrogens with one attached hydrogen (secondary N) is 3. The Morgan fingerprint density at radius 1 is 1.03 bits per heavy atom. The van der Waals surface area contributed by atoms with E-state index in [2.05, 4.69) is 16.0 Å². The fraction of sp³-hybridized carbons (Fsp3) is 0.364. The molecule has 0 saturated heterocycles. The molecule has 0 aliphatic heterocycles. The van der Waals surface area contributed by atoms with Gasteiger partial charge in [-0.25, -0.2) is 0 Å². The van der Waals surface area contributed by atoms with E-state index < -0.39 is 0 Å². The predicted molar refractivity (Wildman–Crippen MR) is 119 cm³/mol. The minimum absolute atomic E-state index is 0.0768. The van der Waals surface area contributed by atoms with Crippen LogP contribution in [0.2, 0.25) is 10.0 Å². The Bertz CT molecular complexity index is 896. The van der Waals surface area contributed by atoms with Gasteiger partial charge in [0.1, 0.15) is 0 Å². The number of carbonyl (C=O) groups excluding carboxylic acids is 2. The summed E-state index contributed by atoms with van der Waals surface area (Å²) in [6, 6.07) is 10.6. The van der Waals surface area contributed by atoms with Crippen LogP contribution in [0.15, 0.2) is 36.4 Å². The van der Waals surface area contributed by atoms with Gasteiger partial charge >= 0.3 is 0 Å². The van der Waals surface area contributed by atoms with E-state index in [4.69, 9.17) is 23.2 Å². The normalized spacial score (nSPS) is 14.3. The highest BCUT2D eigenvalue weighted by Gasteiger charge is 2.19. The summed E-state index contributed by atoms with van der Waals surface area (Å²) >= 11 is 12.2. The summed E-state index contributed by atoms with van der Waals surface area (Å²) in [4.78, 5) is 24.9. The van der Waals surface area contributed by atoms with Crippen molar-refractivity contribution in [3.8, 4) is 0 Å². The maximum Gasteiger partial charge on any atom is 0.253 e. The number of halogens is 2. The molecule has 1 saturated carbocycles. The topological polar surface area (TPSA) is 70.2 Å². The van der Waals surface area contributed by atoms with Gasteiger partial charge in [0.15, 0.2) is 0 Å². The Balaban J connectivity index is 1.60. The zero-order chi connectivity index (χ0) is 20.8. The van der Waals surface area contributed by atoms with E-state index in [0.717, 1.165) is 36.9 Å². The Labute approximate surface area is 181 Å². The summed E-state index contributed by atoms with van der Waals surface area (Å²) in [5.41, 5.74) is 2.69. The predicted octanol–water partition coefficient (Wildman–Crippen LogP) is 5.41. The van der Waals surface area contributed by atoms with Gasteiger partial charge in [0.25, 0.3) is 5.91 Å². The highest BCUT2D eigenvalue weighted by Crippen LogP contribution is 2.23. The molecule has 3 rings (SSSR count). The molecule has 0 spiro atoms. The Morgan fingerprint density at radius 2 is 1.79 bits per heavy atom. The molecule has 0 unspecified atom stereocenters. The van der Waals surface area contributed by atoms with Gasteiger partial charge < -0.3 is 16.0 Å². The van der Waals surface area contributed by atoms with Crippen molar-refractivity contribution in [1.29, 1.82) is 0 Å². The second-order valence-corrected chi connectivity index (χ2v) is 8.21. The van der Waals surface area contributed by atoms with Gasteiger partial charge in [-0.05, 0) is 55.7 Å². The molecule has 1 aliphatic carbocycles. The third kappa shape index (κ3) is 6.12. The van der Waals surface area contributed by atoms with E-state index in [9.17, 15) is 9.59 Å². The Kier molecular flexibility index (Phi) is 7.40. The molecule has 7 heteroatoms. The highest BCUT2D eigenvalue weighted by molar-refractivity contribution is 6.34. The summed E-state index contributed by atoms with van der Waals surface area (Å²) in [5.74, 6) is -0.434. The molecule has 2 aromatic rings. The first-order chi connectivity index (χ1) is 13.9. The third-order valence-electron chi connectivity index (χ3n) is 5.07. The Morgan fingerprint density at radius 3 is 2.55 bits per heavy atom. The molecule has 0 radical (unpaired) electrons. The molecular weight excluding hydrogens is 409 g/mol. The molecule has 0 bridgehead atoms. The van der Waals surface area contributed by atoms with Crippen LogP contribution in [0.3, 0.4) is 0 Å². The second-order valence-electron chi connectivity index (χ2n) is 7.36. The summed E-state index contributed by atoms with van der Waals surface area (Å²) in [5, 5.41) is 9.89. The van der Waals surface area contributed by atoms with E-state index in [-0.39, 0.29) is 24.4 Å². The van der Waals surface area contributed by atoms with Crippen LogP contribution in [0.25, 0.3) is 0 Å². The van der Waals surface area contributed by atoms with Gasteiger partial charge in [0.05, 0.1) is 17.1 Å². The van der Waals surface area contributed by atoms with Gasteiger partial charge in [0.2, 0.25) is 5.91 Å². The second kappa shape index (κ2) is 9.99. The molecule has 1 aliphatic rings. The zero-order valence-electron chi connectivity index (χ0n) is 16.4. The van der Waals surface area contributed by atoms with Crippen molar-refractivity contribution >= 4 is 46.4 Å². The number of anilines is 2. The fourth-order valence-corrected chi connectivity index (χ4v) is 3.83. The Hall–Kier alpha value is -2.24. The first kappa shape index (κ1) is 21.5. The van der Waals surface area contributed by atoms with E-state index in [1.165, 1.54) is 6.42 Å². The minimum Gasteiger partial charge on any atom is -0.376 e. The van der Waals surface area contributed by atoms with Gasteiger partial charge in [-0.1, -0.05) is 48.5 Å².